The molecule has 3 aliphatic rings. The molecule has 2 aromatic carbocycles. The van der Waals surface area contributed by atoms with E-state index >= 15 is 4.39 Å². The monoisotopic (exact) mass is 655 g/mol. The third-order valence-electron chi connectivity index (χ3n) is 9.71. The Morgan fingerprint density at radius 3 is 2.42 bits per heavy atom. The topological polar surface area (TPSA) is 103 Å². The van der Waals surface area contributed by atoms with Crippen LogP contribution >= 0.6 is 23.2 Å². The second-order valence-electron chi connectivity index (χ2n) is 12.4. The number of aromatic hydroxyl groups is 1. The fourth-order valence-corrected chi connectivity index (χ4v) is 7.49. The maximum absolute atomic E-state index is 16.9. The lowest BCUT2D eigenvalue weighted by molar-refractivity contribution is -0.149. The SMILES string of the molecule is CC[C@@](O)(c1cc(F)c2c(c1)C(=O)N(Cc1ncc(Cl)cc1O)C2(O[C@H]1CCC(=O)C1)c1ccc(Cl)cc1)C1CCN(C)CC1. The van der Waals surface area contributed by atoms with Crippen LogP contribution in [0.25, 0.3) is 0 Å². The summed E-state index contributed by atoms with van der Waals surface area (Å²) < 4.78 is 23.7. The van der Waals surface area contributed by atoms with Gasteiger partial charge in [0, 0.05) is 35.7 Å². The number of nitrogens with zero attached hydrogens (tertiary/aromatic N) is 3. The van der Waals surface area contributed by atoms with Crippen molar-refractivity contribution in [1.82, 2.24) is 14.8 Å². The number of aromatic nitrogens is 1. The van der Waals surface area contributed by atoms with Crippen molar-refractivity contribution in [1.29, 1.82) is 0 Å². The molecule has 2 fully saturated rings. The number of likely N-dealkylation sites (tertiary alicyclic amines) is 1. The first-order valence-electron chi connectivity index (χ1n) is 15.3. The van der Waals surface area contributed by atoms with E-state index in [0.717, 1.165) is 25.9 Å². The molecular formula is C34H36Cl2FN3O5. The van der Waals surface area contributed by atoms with Gasteiger partial charge in [-0.05, 0) is 81.6 Å². The molecule has 0 radical (unpaired) electrons. The van der Waals surface area contributed by atoms with Crippen LogP contribution in [0, 0.1) is 11.7 Å². The predicted octanol–water partition coefficient (Wildman–Crippen LogP) is 6.17. The highest BCUT2D eigenvalue weighted by atomic mass is 35.5. The summed E-state index contributed by atoms with van der Waals surface area (Å²) in [5, 5.41) is 23.5. The van der Waals surface area contributed by atoms with Crippen LogP contribution in [0.5, 0.6) is 5.75 Å². The van der Waals surface area contributed by atoms with Gasteiger partial charge in [0.2, 0.25) is 5.72 Å². The summed E-state index contributed by atoms with van der Waals surface area (Å²) in [4.78, 5) is 34.7. The van der Waals surface area contributed by atoms with Crippen molar-refractivity contribution in [3.05, 3.63) is 92.5 Å². The molecule has 0 bridgehead atoms. The van der Waals surface area contributed by atoms with Gasteiger partial charge in [-0.15, -0.1) is 0 Å². The fraction of sp³-hybridized carbons (Fsp3) is 0.441. The number of ketones is 1. The van der Waals surface area contributed by atoms with Gasteiger partial charge in [-0.3, -0.25) is 19.5 Å². The molecule has 6 rings (SSSR count). The van der Waals surface area contributed by atoms with Crippen LogP contribution in [0.1, 0.15) is 78.2 Å². The van der Waals surface area contributed by atoms with Gasteiger partial charge in [0.1, 0.15) is 23.0 Å². The third-order valence-corrected chi connectivity index (χ3v) is 10.2. The van der Waals surface area contributed by atoms with E-state index in [1.54, 1.807) is 30.3 Å². The highest BCUT2D eigenvalue weighted by molar-refractivity contribution is 6.30. The number of carbonyl (C=O) groups is 2. The Bertz CT molecular complexity index is 1630. The lowest BCUT2D eigenvalue weighted by atomic mass is 9.73. The van der Waals surface area contributed by atoms with Gasteiger partial charge in [0.15, 0.2) is 0 Å². The van der Waals surface area contributed by atoms with Crippen LogP contribution in [-0.2, 0) is 27.4 Å². The molecule has 1 saturated carbocycles. The summed E-state index contributed by atoms with van der Waals surface area (Å²) in [6.45, 7) is 3.21. The zero-order valence-electron chi connectivity index (χ0n) is 25.2. The maximum atomic E-state index is 16.9. The number of aliphatic hydroxyl groups is 1. The number of piperidine rings is 1. The van der Waals surface area contributed by atoms with Gasteiger partial charge < -0.3 is 19.8 Å². The van der Waals surface area contributed by atoms with Crippen LogP contribution in [0.2, 0.25) is 10.0 Å². The number of amides is 1. The van der Waals surface area contributed by atoms with E-state index in [1.165, 1.54) is 23.2 Å². The number of pyridine rings is 1. The average Bonchev–Trinajstić information content (AvgIpc) is 3.53. The molecule has 3 heterocycles. The molecule has 1 unspecified atom stereocenters. The maximum Gasteiger partial charge on any atom is 0.257 e. The highest BCUT2D eigenvalue weighted by Crippen LogP contribution is 2.51. The number of carbonyl (C=O) groups excluding carboxylic acids is 2. The summed E-state index contributed by atoms with van der Waals surface area (Å²) in [7, 11) is 2.03. The first kappa shape index (κ1) is 31.9. The largest absolute Gasteiger partial charge is 0.506 e. The average molecular weight is 657 g/mol. The minimum atomic E-state index is -1.83. The zero-order valence-corrected chi connectivity index (χ0v) is 26.7. The summed E-state index contributed by atoms with van der Waals surface area (Å²) in [6.07, 6.45) is 3.37. The number of benzene rings is 2. The summed E-state index contributed by atoms with van der Waals surface area (Å²) >= 11 is 12.3. The number of rotatable bonds is 8. The molecule has 1 aliphatic carbocycles. The third kappa shape index (κ3) is 5.63. The molecule has 0 spiro atoms. The Balaban J connectivity index is 1.56. The molecule has 8 nitrogen and oxygen atoms in total. The van der Waals surface area contributed by atoms with Crippen molar-refractivity contribution in [2.24, 2.45) is 5.92 Å². The molecule has 1 saturated heterocycles. The molecule has 11 heteroatoms. The minimum Gasteiger partial charge on any atom is -0.506 e. The van der Waals surface area contributed by atoms with Crippen molar-refractivity contribution in [3.8, 4) is 5.75 Å². The molecule has 3 atom stereocenters. The zero-order chi connectivity index (χ0) is 32.1. The van der Waals surface area contributed by atoms with Crippen LogP contribution < -0.4 is 0 Å². The standard InChI is InChI=1S/C34H36Cl2FN3O5/c1-3-33(44,20-10-12-39(2)13-11-20)22-14-27-31(28(37)15-22)34(21-4-6-23(35)7-5-21,45-26-9-8-25(41)17-26)40(32(27)43)19-29-30(42)16-24(36)18-38-29/h4-7,14-16,18,20,26,42,44H,3,8-13,17,19H2,1-2H3/t26-,33-,34?/m0/s1. The number of Topliss-reactive ketones (excluding diaryl/α,β-unsaturated/α-hetero) is 1. The normalized spacial score (nSPS) is 23.9. The lowest BCUT2D eigenvalue weighted by Crippen LogP contribution is -2.48. The van der Waals surface area contributed by atoms with Crippen molar-refractivity contribution >= 4 is 34.9 Å². The summed E-state index contributed by atoms with van der Waals surface area (Å²) in [5.41, 5.74) is -2.30. The molecule has 1 amide bonds. The van der Waals surface area contributed by atoms with Crippen molar-refractivity contribution in [2.45, 2.75) is 69.4 Å². The smallest absolute Gasteiger partial charge is 0.257 e. The van der Waals surface area contributed by atoms with Crippen molar-refractivity contribution in [3.63, 3.8) is 0 Å². The predicted molar refractivity (Wildman–Crippen MR) is 168 cm³/mol. The molecule has 238 valence electrons. The summed E-state index contributed by atoms with van der Waals surface area (Å²) in [5.74, 6) is -1.63. The van der Waals surface area contributed by atoms with E-state index < -0.39 is 29.2 Å². The Kier molecular flexibility index (Phi) is 8.69. The number of fused-ring (bicyclic) bond motifs is 1. The van der Waals surface area contributed by atoms with Crippen LogP contribution in [0.15, 0.2) is 48.7 Å². The van der Waals surface area contributed by atoms with Crippen molar-refractivity contribution in [2.75, 3.05) is 20.1 Å². The number of halogens is 3. The first-order valence-corrected chi connectivity index (χ1v) is 16.1. The van der Waals surface area contributed by atoms with Gasteiger partial charge in [-0.25, -0.2) is 4.39 Å². The summed E-state index contributed by atoms with van der Waals surface area (Å²) in [6, 6.07) is 10.8. The van der Waals surface area contributed by atoms with E-state index in [1.807, 2.05) is 14.0 Å². The van der Waals surface area contributed by atoms with E-state index in [0.29, 0.717) is 35.4 Å². The quantitative estimate of drug-likeness (QED) is 0.299. The van der Waals surface area contributed by atoms with E-state index in [-0.39, 0.29) is 52.3 Å². The first-order chi connectivity index (χ1) is 21.5. The van der Waals surface area contributed by atoms with Gasteiger partial charge >= 0.3 is 0 Å². The van der Waals surface area contributed by atoms with Crippen LogP contribution in [0.3, 0.4) is 0 Å². The molecule has 2 aliphatic heterocycles. The Hall–Kier alpha value is -3.08. The molecular weight excluding hydrogens is 620 g/mol. The Labute approximate surface area is 271 Å². The molecule has 1 aromatic heterocycles. The highest BCUT2D eigenvalue weighted by Gasteiger charge is 2.56. The minimum absolute atomic E-state index is 0.0151. The van der Waals surface area contributed by atoms with Crippen LogP contribution in [-0.4, -0.2) is 62.9 Å². The van der Waals surface area contributed by atoms with Crippen molar-refractivity contribution < 1.29 is 28.9 Å². The van der Waals surface area contributed by atoms with Gasteiger partial charge in [0.05, 0.1) is 34.4 Å². The molecule has 3 aromatic rings. The van der Waals surface area contributed by atoms with Gasteiger partial charge in [-0.1, -0.05) is 42.3 Å². The van der Waals surface area contributed by atoms with E-state index in [2.05, 4.69) is 9.88 Å². The van der Waals surface area contributed by atoms with E-state index in [9.17, 15) is 19.8 Å². The second-order valence-corrected chi connectivity index (χ2v) is 13.3. The molecule has 45 heavy (non-hydrogen) atoms. The van der Waals surface area contributed by atoms with Gasteiger partial charge in [0.25, 0.3) is 5.91 Å². The number of ether oxygens (including phenoxy) is 1. The second kappa shape index (κ2) is 12.3. The fourth-order valence-electron chi connectivity index (χ4n) is 7.21. The Morgan fingerprint density at radius 2 is 1.80 bits per heavy atom. The van der Waals surface area contributed by atoms with Gasteiger partial charge in [-0.2, -0.15) is 0 Å². The number of hydrogen-bond acceptors (Lipinski definition) is 7. The number of hydrogen-bond donors (Lipinski definition) is 2. The van der Waals surface area contributed by atoms with E-state index in [4.69, 9.17) is 27.9 Å². The van der Waals surface area contributed by atoms with Crippen LogP contribution in [0.4, 0.5) is 4.39 Å². The lowest BCUT2D eigenvalue weighted by Gasteiger charge is -2.42. The Morgan fingerprint density at radius 1 is 1.09 bits per heavy atom. The molecule has 2 N–H and O–H groups in total.